The summed E-state index contributed by atoms with van der Waals surface area (Å²) in [5.41, 5.74) is 2.03. The molecule has 0 heterocycles. The topological polar surface area (TPSA) is 66.0 Å². The van der Waals surface area contributed by atoms with Gasteiger partial charge in [-0.05, 0) is 50.3 Å². The Labute approximate surface area is 169 Å². The van der Waals surface area contributed by atoms with Crippen molar-refractivity contribution in [2.24, 2.45) is 10.4 Å². The molecule has 0 aliphatic heterocycles. The van der Waals surface area contributed by atoms with Crippen molar-refractivity contribution < 1.29 is 9.53 Å². The third-order valence-electron chi connectivity index (χ3n) is 5.48. The molecular weight excluding hydrogens is 352 g/mol. The van der Waals surface area contributed by atoms with E-state index in [1.54, 1.807) is 12.0 Å². The second-order valence-electron chi connectivity index (χ2n) is 7.86. The van der Waals surface area contributed by atoms with Gasteiger partial charge in [0.2, 0.25) is 5.91 Å². The minimum absolute atomic E-state index is 0.205. The van der Waals surface area contributed by atoms with E-state index in [-0.39, 0.29) is 11.3 Å². The zero-order valence-corrected chi connectivity index (χ0v) is 18.1. The molecule has 0 bridgehead atoms. The van der Waals surface area contributed by atoms with Gasteiger partial charge in [0.1, 0.15) is 5.75 Å². The first-order valence-corrected chi connectivity index (χ1v) is 10.3. The Hall–Kier alpha value is -2.24. The molecule has 0 atom stereocenters. The standard InChI is InChI=1S/C22H36N4O2/c1-6-23-21(24-14-11-18-10-9-17(2)19(15-18)28-5)25-16-22(12-7-8-13-22)20(27)26(3)4/h9-10,15H,6-8,11-14,16H2,1-5H3,(H2,23,24,25). The molecule has 6 nitrogen and oxygen atoms in total. The number of nitrogens with one attached hydrogen (secondary N) is 2. The van der Waals surface area contributed by atoms with Gasteiger partial charge in [-0.25, -0.2) is 0 Å². The zero-order valence-electron chi connectivity index (χ0n) is 18.1. The Bertz CT molecular complexity index is 679. The molecule has 1 aromatic carbocycles. The van der Waals surface area contributed by atoms with Gasteiger partial charge in [-0.2, -0.15) is 0 Å². The Morgan fingerprint density at radius 1 is 1.25 bits per heavy atom. The van der Waals surface area contributed by atoms with Crippen LogP contribution < -0.4 is 15.4 Å². The van der Waals surface area contributed by atoms with Gasteiger partial charge in [-0.1, -0.05) is 25.0 Å². The van der Waals surface area contributed by atoms with Crippen LogP contribution >= 0.6 is 0 Å². The number of benzene rings is 1. The summed E-state index contributed by atoms with van der Waals surface area (Å²) in [6.45, 7) is 6.20. The van der Waals surface area contributed by atoms with Crippen LogP contribution in [0.25, 0.3) is 0 Å². The lowest BCUT2D eigenvalue weighted by atomic mass is 9.85. The van der Waals surface area contributed by atoms with Gasteiger partial charge >= 0.3 is 0 Å². The van der Waals surface area contributed by atoms with Gasteiger partial charge in [0, 0.05) is 27.2 Å². The predicted octanol–water partition coefficient (Wildman–Crippen LogP) is 2.75. The number of hydrogen-bond acceptors (Lipinski definition) is 3. The van der Waals surface area contributed by atoms with Crippen LogP contribution in [0.2, 0.25) is 0 Å². The second kappa shape index (κ2) is 10.3. The van der Waals surface area contributed by atoms with Crippen LogP contribution in [-0.4, -0.2) is 57.6 Å². The molecule has 0 aromatic heterocycles. The van der Waals surface area contributed by atoms with Crippen molar-refractivity contribution in [3.05, 3.63) is 29.3 Å². The van der Waals surface area contributed by atoms with Crippen molar-refractivity contribution in [3.8, 4) is 5.75 Å². The SMILES string of the molecule is CCNC(=NCC1(C(=O)N(C)C)CCCC1)NCCc1ccc(C)c(OC)c1. The highest BCUT2D eigenvalue weighted by Gasteiger charge is 2.42. The van der Waals surface area contributed by atoms with Crippen LogP contribution in [0.4, 0.5) is 0 Å². The first kappa shape index (κ1) is 22.1. The molecule has 0 spiro atoms. The smallest absolute Gasteiger partial charge is 0.230 e. The fourth-order valence-corrected chi connectivity index (χ4v) is 3.88. The highest BCUT2D eigenvalue weighted by Crippen LogP contribution is 2.39. The lowest BCUT2D eigenvalue weighted by Gasteiger charge is -2.29. The van der Waals surface area contributed by atoms with Crippen molar-refractivity contribution in [2.45, 2.75) is 46.0 Å². The van der Waals surface area contributed by atoms with Crippen molar-refractivity contribution >= 4 is 11.9 Å². The highest BCUT2D eigenvalue weighted by molar-refractivity contribution is 5.84. The first-order valence-electron chi connectivity index (χ1n) is 10.3. The largest absolute Gasteiger partial charge is 0.496 e. The molecule has 1 aliphatic rings. The molecule has 0 saturated heterocycles. The summed E-state index contributed by atoms with van der Waals surface area (Å²) >= 11 is 0. The number of carbonyl (C=O) groups is 1. The molecule has 0 unspecified atom stereocenters. The number of guanidine groups is 1. The number of rotatable bonds is 8. The average Bonchev–Trinajstić information content (AvgIpc) is 3.16. The van der Waals surface area contributed by atoms with Crippen LogP contribution in [0.3, 0.4) is 0 Å². The van der Waals surface area contributed by atoms with E-state index >= 15 is 0 Å². The Balaban J connectivity index is 1.99. The van der Waals surface area contributed by atoms with E-state index in [1.165, 1.54) is 5.56 Å². The summed E-state index contributed by atoms with van der Waals surface area (Å²) < 4.78 is 5.41. The van der Waals surface area contributed by atoms with Gasteiger partial charge in [0.05, 0.1) is 19.1 Å². The van der Waals surface area contributed by atoms with Crippen molar-refractivity contribution in [3.63, 3.8) is 0 Å². The quantitative estimate of drug-likeness (QED) is 0.531. The van der Waals surface area contributed by atoms with E-state index < -0.39 is 0 Å². The monoisotopic (exact) mass is 388 g/mol. The van der Waals surface area contributed by atoms with E-state index in [0.29, 0.717) is 6.54 Å². The molecule has 1 saturated carbocycles. The Kier molecular flexibility index (Phi) is 8.15. The van der Waals surface area contributed by atoms with Crippen LogP contribution in [0, 0.1) is 12.3 Å². The van der Waals surface area contributed by atoms with Gasteiger partial charge in [-0.3, -0.25) is 9.79 Å². The third-order valence-corrected chi connectivity index (χ3v) is 5.48. The molecule has 1 amide bonds. The predicted molar refractivity (Wildman–Crippen MR) is 115 cm³/mol. The summed E-state index contributed by atoms with van der Waals surface area (Å²) in [7, 11) is 5.38. The molecule has 0 radical (unpaired) electrons. The maximum atomic E-state index is 12.7. The van der Waals surface area contributed by atoms with Crippen LogP contribution in [-0.2, 0) is 11.2 Å². The van der Waals surface area contributed by atoms with Crippen molar-refractivity contribution in [1.82, 2.24) is 15.5 Å². The third kappa shape index (κ3) is 5.63. The molecule has 6 heteroatoms. The number of nitrogens with zero attached hydrogens (tertiary/aromatic N) is 2. The number of carbonyl (C=O) groups excluding carboxylic acids is 1. The number of ether oxygens (including phenoxy) is 1. The van der Waals surface area contributed by atoms with Crippen LogP contribution in [0.5, 0.6) is 5.75 Å². The number of aryl methyl sites for hydroxylation is 1. The normalized spacial score (nSPS) is 16.0. The molecule has 1 fully saturated rings. The molecule has 2 N–H and O–H groups in total. The molecule has 1 aromatic rings. The second-order valence-corrected chi connectivity index (χ2v) is 7.86. The minimum atomic E-state index is -0.337. The zero-order chi connectivity index (χ0) is 20.6. The van der Waals surface area contributed by atoms with E-state index in [2.05, 4.69) is 35.8 Å². The first-order chi connectivity index (χ1) is 13.4. The number of methoxy groups -OCH3 is 1. The maximum absolute atomic E-state index is 12.7. The summed E-state index contributed by atoms with van der Waals surface area (Å²) in [5, 5.41) is 6.70. The average molecular weight is 389 g/mol. The van der Waals surface area contributed by atoms with E-state index in [4.69, 9.17) is 9.73 Å². The van der Waals surface area contributed by atoms with Gasteiger partial charge in [-0.15, -0.1) is 0 Å². The van der Waals surface area contributed by atoms with Gasteiger partial charge in [0.15, 0.2) is 5.96 Å². The molecule has 28 heavy (non-hydrogen) atoms. The molecule has 1 aliphatic carbocycles. The van der Waals surface area contributed by atoms with Gasteiger partial charge in [0.25, 0.3) is 0 Å². The fourth-order valence-electron chi connectivity index (χ4n) is 3.88. The molecular formula is C22H36N4O2. The number of aliphatic imine (C=N–C) groups is 1. The number of hydrogen-bond donors (Lipinski definition) is 2. The lowest BCUT2D eigenvalue weighted by molar-refractivity contribution is -0.138. The summed E-state index contributed by atoms with van der Waals surface area (Å²) in [4.78, 5) is 19.2. The Morgan fingerprint density at radius 3 is 2.57 bits per heavy atom. The fraction of sp³-hybridized carbons (Fsp3) is 0.636. The summed E-state index contributed by atoms with van der Waals surface area (Å²) in [6.07, 6.45) is 4.94. The van der Waals surface area contributed by atoms with E-state index in [9.17, 15) is 4.79 Å². The van der Waals surface area contributed by atoms with E-state index in [1.807, 2.05) is 21.0 Å². The van der Waals surface area contributed by atoms with Crippen molar-refractivity contribution in [1.29, 1.82) is 0 Å². The molecule has 156 valence electrons. The summed E-state index contributed by atoms with van der Waals surface area (Å²) in [6, 6.07) is 6.31. The Morgan fingerprint density at radius 2 is 1.96 bits per heavy atom. The van der Waals surface area contributed by atoms with Crippen LogP contribution in [0.1, 0.15) is 43.7 Å². The summed E-state index contributed by atoms with van der Waals surface area (Å²) in [5.74, 6) is 1.90. The maximum Gasteiger partial charge on any atom is 0.230 e. The lowest BCUT2D eigenvalue weighted by Crippen LogP contribution is -2.43. The number of amides is 1. The highest BCUT2D eigenvalue weighted by atomic mass is 16.5. The van der Waals surface area contributed by atoms with Crippen molar-refractivity contribution in [2.75, 3.05) is 40.8 Å². The molecule has 2 rings (SSSR count). The van der Waals surface area contributed by atoms with E-state index in [0.717, 1.165) is 62.5 Å². The van der Waals surface area contributed by atoms with Gasteiger partial charge < -0.3 is 20.3 Å². The van der Waals surface area contributed by atoms with Crippen LogP contribution in [0.15, 0.2) is 23.2 Å². The minimum Gasteiger partial charge on any atom is -0.496 e.